The molecule has 4 aromatic rings. The standard InChI is InChI=1S/C24H28N4O5/c1-3-19-15-27-25-23(19)21(5-1)17-32-13-11-30-9-7-29-8-10-31-12-14-33-18-22-6-2-4-20-16-28(27)26-24(20)22/h1-6,15-16H,7-14,17-18H2. The Morgan fingerprint density at radius 3 is 1.33 bits per heavy atom. The molecule has 0 spiro atoms. The largest absolute Gasteiger partial charge is 0.377 e. The van der Waals surface area contributed by atoms with Gasteiger partial charge in [-0.3, -0.25) is 0 Å². The van der Waals surface area contributed by atoms with Gasteiger partial charge in [0.05, 0.1) is 89.5 Å². The van der Waals surface area contributed by atoms with Gasteiger partial charge in [0.25, 0.3) is 0 Å². The fraction of sp³-hybridized carbons (Fsp3) is 0.417. The molecule has 4 bridgehead atoms. The van der Waals surface area contributed by atoms with E-state index in [0.29, 0.717) is 66.1 Å². The molecular weight excluding hydrogens is 424 g/mol. The van der Waals surface area contributed by atoms with Gasteiger partial charge < -0.3 is 23.7 Å². The summed E-state index contributed by atoms with van der Waals surface area (Å²) in [6.07, 6.45) is 3.94. The number of aromatic nitrogens is 4. The van der Waals surface area contributed by atoms with Crippen LogP contribution in [0.4, 0.5) is 0 Å². The van der Waals surface area contributed by atoms with E-state index >= 15 is 0 Å². The number of hydrogen-bond acceptors (Lipinski definition) is 7. The Hall–Kier alpha value is -2.82. The highest BCUT2D eigenvalue weighted by Gasteiger charge is 2.11. The lowest BCUT2D eigenvalue weighted by Crippen LogP contribution is -2.13. The minimum Gasteiger partial charge on any atom is -0.377 e. The van der Waals surface area contributed by atoms with Gasteiger partial charge in [-0.15, -0.1) is 0 Å². The third kappa shape index (κ3) is 5.40. The second kappa shape index (κ2) is 10.9. The molecule has 0 fully saturated rings. The third-order valence-corrected chi connectivity index (χ3v) is 5.43. The lowest BCUT2D eigenvalue weighted by Gasteiger charge is -2.08. The van der Waals surface area contributed by atoms with Crippen LogP contribution in [0.1, 0.15) is 11.1 Å². The highest BCUT2D eigenvalue weighted by molar-refractivity contribution is 5.82. The summed E-state index contributed by atoms with van der Waals surface area (Å²) in [5.41, 5.74) is 3.85. The smallest absolute Gasteiger partial charge is 0.1000 e. The Bertz CT molecular complexity index is 1100. The van der Waals surface area contributed by atoms with Gasteiger partial charge in [-0.1, -0.05) is 36.4 Å². The monoisotopic (exact) mass is 452 g/mol. The third-order valence-electron chi connectivity index (χ3n) is 5.43. The molecule has 0 saturated carbocycles. The first-order chi connectivity index (χ1) is 16.4. The topological polar surface area (TPSA) is 81.8 Å². The van der Waals surface area contributed by atoms with Crippen molar-refractivity contribution in [2.45, 2.75) is 13.2 Å². The van der Waals surface area contributed by atoms with E-state index < -0.39 is 0 Å². The van der Waals surface area contributed by atoms with Crippen molar-refractivity contribution in [2.24, 2.45) is 0 Å². The predicted octanol–water partition coefficient (Wildman–Crippen LogP) is 2.79. The van der Waals surface area contributed by atoms with Crippen LogP contribution in [0.25, 0.3) is 21.8 Å². The summed E-state index contributed by atoms with van der Waals surface area (Å²) >= 11 is 0. The molecule has 0 atom stereocenters. The Morgan fingerprint density at radius 1 is 0.515 bits per heavy atom. The number of rotatable bonds is 0. The second-order valence-electron chi connectivity index (χ2n) is 7.75. The van der Waals surface area contributed by atoms with E-state index in [1.165, 1.54) is 0 Å². The van der Waals surface area contributed by atoms with Gasteiger partial charge in [-0.05, 0) is 0 Å². The highest BCUT2D eigenvalue weighted by atomic mass is 16.6. The van der Waals surface area contributed by atoms with Gasteiger partial charge in [0.15, 0.2) is 0 Å². The van der Waals surface area contributed by atoms with Crippen LogP contribution in [-0.4, -0.2) is 72.6 Å². The fourth-order valence-corrected chi connectivity index (χ4v) is 3.77. The summed E-state index contributed by atoms with van der Waals surface area (Å²) in [5.74, 6) is 0. The maximum absolute atomic E-state index is 5.82. The molecule has 2 aromatic heterocycles. The normalized spacial score (nSPS) is 17.7. The van der Waals surface area contributed by atoms with E-state index in [0.717, 1.165) is 32.9 Å². The Kier molecular flexibility index (Phi) is 7.24. The first kappa shape index (κ1) is 22.0. The van der Waals surface area contributed by atoms with Gasteiger partial charge in [0.1, 0.15) is 0 Å². The van der Waals surface area contributed by atoms with Crippen LogP contribution in [0.3, 0.4) is 0 Å². The van der Waals surface area contributed by atoms with Crippen molar-refractivity contribution in [2.75, 3.05) is 52.9 Å². The molecule has 0 radical (unpaired) electrons. The van der Waals surface area contributed by atoms with Crippen LogP contribution < -0.4 is 0 Å². The molecule has 3 heterocycles. The fourth-order valence-electron chi connectivity index (χ4n) is 3.77. The molecule has 5 rings (SSSR count). The first-order valence-electron chi connectivity index (χ1n) is 11.2. The van der Waals surface area contributed by atoms with Gasteiger partial charge in [-0.2, -0.15) is 19.8 Å². The van der Waals surface area contributed by atoms with Gasteiger partial charge in [0, 0.05) is 21.9 Å². The molecule has 1 aliphatic rings. The van der Waals surface area contributed by atoms with Crippen molar-refractivity contribution in [1.29, 1.82) is 0 Å². The lowest BCUT2D eigenvalue weighted by molar-refractivity contribution is -0.0136. The van der Waals surface area contributed by atoms with Crippen molar-refractivity contribution in [3.63, 3.8) is 0 Å². The van der Waals surface area contributed by atoms with Gasteiger partial charge in [0.2, 0.25) is 0 Å². The van der Waals surface area contributed by atoms with Gasteiger partial charge >= 0.3 is 0 Å². The maximum Gasteiger partial charge on any atom is 0.1000 e. The van der Waals surface area contributed by atoms with E-state index in [1.54, 1.807) is 9.58 Å². The summed E-state index contributed by atoms with van der Waals surface area (Å²) in [6.45, 7) is 5.11. The molecule has 9 nitrogen and oxygen atoms in total. The molecule has 0 unspecified atom stereocenters. The molecule has 174 valence electrons. The van der Waals surface area contributed by atoms with E-state index in [1.807, 2.05) is 48.8 Å². The zero-order valence-electron chi connectivity index (χ0n) is 18.5. The zero-order valence-corrected chi connectivity index (χ0v) is 18.5. The van der Waals surface area contributed by atoms with Gasteiger partial charge in [-0.25, -0.2) is 0 Å². The van der Waals surface area contributed by atoms with E-state index in [4.69, 9.17) is 33.9 Å². The molecular formula is C24H28N4O5. The molecule has 0 amide bonds. The summed E-state index contributed by atoms with van der Waals surface area (Å²) in [4.78, 5) is 3.51. The molecule has 1 aliphatic heterocycles. The van der Waals surface area contributed by atoms with Crippen molar-refractivity contribution >= 4 is 21.8 Å². The molecule has 2 aromatic carbocycles. The van der Waals surface area contributed by atoms with Crippen molar-refractivity contribution in [3.05, 3.63) is 59.9 Å². The van der Waals surface area contributed by atoms with E-state index in [-0.39, 0.29) is 0 Å². The van der Waals surface area contributed by atoms with Crippen molar-refractivity contribution in [1.82, 2.24) is 19.8 Å². The summed E-state index contributed by atoms with van der Waals surface area (Å²) < 4.78 is 28.3. The summed E-state index contributed by atoms with van der Waals surface area (Å²) in [6, 6.07) is 12.2. The molecule has 0 N–H and O–H groups in total. The average Bonchev–Trinajstić information content (AvgIpc) is 3.46. The second-order valence-corrected chi connectivity index (χ2v) is 7.75. The number of nitrogens with zero attached hydrogens (tertiary/aromatic N) is 4. The van der Waals surface area contributed by atoms with Crippen LogP contribution in [-0.2, 0) is 36.9 Å². The summed E-state index contributed by atoms with van der Waals surface area (Å²) in [7, 11) is 0. The quantitative estimate of drug-likeness (QED) is 0.406. The predicted molar refractivity (Wildman–Crippen MR) is 122 cm³/mol. The molecule has 33 heavy (non-hydrogen) atoms. The van der Waals surface area contributed by atoms with Crippen LogP contribution in [0.15, 0.2) is 48.8 Å². The van der Waals surface area contributed by atoms with Crippen LogP contribution in [0.5, 0.6) is 0 Å². The van der Waals surface area contributed by atoms with Crippen molar-refractivity contribution < 1.29 is 23.7 Å². The Morgan fingerprint density at radius 2 is 0.909 bits per heavy atom. The number of fused-ring (bicyclic) bond motifs is 3. The summed E-state index contributed by atoms with van der Waals surface area (Å²) in [5, 5.41) is 11.6. The zero-order chi connectivity index (χ0) is 22.3. The number of benzene rings is 2. The SMILES string of the molecule is c1cc2c3nn(cc3c1)-n1cc3cccc(c3n1)COCCOCCOCCOCCOC2. The Balaban J connectivity index is 1.39. The maximum atomic E-state index is 5.82. The van der Waals surface area contributed by atoms with E-state index in [9.17, 15) is 0 Å². The molecule has 9 heteroatoms. The van der Waals surface area contributed by atoms with Crippen molar-refractivity contribution in [3.8, 4) is 0 Å². The minimum absolute atomic E-state index is 0.466. The van der Waals surface area contributed by atoms with Crippen LogP contribution >= 0.6 is 0 Å². The molecule has 0 aliphatic carbocycles. The van der Waals surface area contributed by atoms with Crippen LogP contribution in [0, 0.1) is 0 Å². The molecule has 0 saturated heterocycles. The minimum atomic E-state index is 0.466. The number of hydrogen-bond donors (Lipinski definition) is 0. The lowest BCUT2D eigenvalue weighted by atomic mass is 10.1. The highest BCUT2D eigenvalue weighted by Crippen LogP contribution is 2.21. The average molecular weight is 453 g/mol. The van der Waals surface area contributed by atoms with Crippen LogP contribution in [0.2, 0.25) is 0 Å². The number of ether oxygens (including phenoxy) is 5. The van der Waals surface area contributed by atoms with E-state index in [2.05, 4.69) is 0 Å². The first-order valence-corrected chi connectivity index (χ1v) is 11.2. The Labute approximate surface area is 191 Å².